The van der Waals surface area contributed by atoms with E-state index in [-0.39, 0.29) is 31.8 Å². The fourth-order valence-electron chi connectivity index (χ4n) is 3.32. The molecule has 0 aliphatic carbocycles. The standard InChI is InChI=1S/C18H15Cl2N3O4S/c19-13-10-16(28(26,27)22-7-5-21-6-8-22)14(20)9-15(13)23-17(24)11-3-1-2-4-12(11)18(23)25/h1-4,9-10,21H,5-8H2. The minimum absolute atomic E-state index is 0.0485. The number of anilines is 1. The minimum Gasteiger partial charge on any atom is -0.314 e. The predicted octanol–water partition coefficient (Wildman–Crippen LogP) is 2.39. The average Bonchev–Trinajstić information content (AvgIpc) is 2.95. The van der Waals surface area contributed by atoms with E-state index in [1.54, 1.807) is 24.3 Å². The van der Waals surface area contributed by atoms with Gasteiger partial charge in [-0.25, -0.2) is 13.3 Å². The van der Waals surface area contributed by atoms with Crippen molar-refractivity contribution in [3.63, 3.8) is 0 Å². The van der Waals surface area contributed by atoms with E-state index in [1.807, 2.05) is 0 Å². The van der Waals surface area contributed by atoms with E-state index in [0.717, 1.165) is 4.90 Å². The highest BCUT2D eigenvalue weighted by Crippen LogP contribution is 2.38. The van der Waals surface area contributed by atoms with Gasteiger partial charge in [0.15, 0.2) is 0 Å². The Morgan fingerprint density at radius 2 is 1.46 bits per heavy atom. The first-order chi connectivity index (χ1) is 13.3. The number of halogens is 2. The molecule has 2 amide bonds. The second-order valence-electron chi connectivity index (χ2n) is 6.38. The van der Waals surface area contributed by atoms with Crippen molar-refractivity contribution in [3.05, 3.63) is 57.6 Å². The van der Waals surface area contributed by atoms with Crippen LogP contribution in [-0.4, -0.2) is 50.7 Å². The van der Waals surface area contributed by atoms with E-state index in [9.17, 15) is 18.0 Å². The topological polar surface area (TPSA) is 86.8 Å². The van der Waals surface area contributed by atoms with Crippen LogP contribution < -0.4 is 10.2 Å². The first-order valence-corrected chi connectivity index (χ1v) is 10.7. The number of sulfonamides is 1. The Hall–Kier alpha value is -1.97. The molecule has 2 heterocycles. The molecule has 1 fully saturated rings. The second-order valence-corrected chi connectivity index (χ2v) is 9.10. The third-order valence-electron chi connectivity index (χ3n) is 4.73. The van der Waals surface area contributed by atoms with Gasteiger partial charge in [0, 0.05) is 26.2 Å². The molecule has 2 aromatic rings. The number of rotatable bonds is 3. The maximum Gasteiger partial charge on any atom is 0.266 e. The lowest BCUT2D eigenvalue weighted by Crippen LogP contribution is -2.46. The van der Waals surface area contributed by atoms with E-state index in [2.05, 4.69) is 5.32 Å². The first kappa shape index (κ1) is 19.4. The fourth-order valence-corrected chi connectivity index (χ4v) is 5.60. The average molecular weight is 440 g/mol. The molecule has 0 saturated carbocycles. The van der Waals surface area contributed by atoms with Crippen LogP contribution in [0.2, 0.25) is 10.0 Å². The Kier molecular flexibility index (Phi) is 4.93. The zero-order valence-corrected chi connectivity index (χ0v) is 16.8. The van der Waals surface area contributed by atoms with E-state index >= 15 is 0 Å². The van der Waals surface area contributed by atoms with Crippen molar-refractivity contribution in [2.24, 2.45) is 0 Å². The number of imide groups is 1. The van der Waals surface area contributed by atoms with Gasteiger partial charge in [0.25, 0.3) is 11.8 Å². The summed E-state index contributed by atoms with van der Waals surface area (Å²) in [5.41, 5.74) is 0.575. The summed E-state index contributed by atoms with van der Waals surface area (Å²) in [4.78, 5) is 26.1. The van der Waals surface area contributed by atoms with Crippen LogP contribution in [0.3, 0.4) is 0 Å². The molecule has 0 radical (unpaired) electrons. The lowest BCUT2D eigenvalue weighted by molar-refractivity contribution is 0.0926. The lowest BCUT2D eigenvalue weighted by Gasteiger charge is -2.27. The van der Waals surface area contributed by atoms with Crippen molar-refractivity contribution in [2.75, 3.05) is 31.1 Å². The molecular formula is C18H15Cl2N3O4S. The largest absolute Gasteiger partial charge is 0.314 e. The van der Waals surface area contributed by atoms with Gasteiger partial charge in [0.05, 0.1) is 26.9 Å². The van der Waals surface area contributed by atoms with Crippen LogP contribution in [0.4, 0.5) is 5.69 Å². The molecular weight excluding hydrogens is 425 g/mol. The van der Waals surface area contributed by atoms with Crippen LogP contribution >= 0.6 is 23.2 Å². The van der Waals surface area contributed by atoms with Crippen LogP contribution in [0.5, 0.6) is 0 Å². The Bertz CT molecular complexity index is 1060. The van der Waals surface area contributed by atoms with Gasteiger partial charge in [0.2, 0.25) is 10.0 Å². The van der Waals surface area contributed by atoms with Gasteiger partial charge in [-0.2, -0.15) is 4.31 Å². The summed E-state index contributed by atoms with van der Waals surface area (Å²) in [6.45, 7) is 1.71. The molecule has 0 atom stereocenters. The second kappa shape index (κ2) is 7.13. The molecule has 7 nitrogen and oxygen atoms in total. The number of carbonyl (C=O) groups excluding carboxylic acids is 2. The Labute approximate surface area is 171 Å². The molecule has 28 heavy (non-hydrogen) atoms. The van der Waals surface area contributed by atoms with Crippen LogP contribution in [0.25, 0.3) is 0 Å². The number of hydrogen-bond acceptors (Lipinski definition) is 5. The van der Waals surface area contributed by atoms with Crippen molar-refractivity contribution < 1.29 is 18.0 Å². The van der Waals surface area contributed by atoms with Crippen molar-refractivity contribution in [3.8, 4) is 0 Å². The van der Waals surface area contributed by atoms with Crippen molar-refractivity contribution >= 4 is 50.7 Å². The molecule has 146 valence electrons. The normalized spacial score (nSPS) is 17.9. The molecule has 10 heteroatoms. The summed E-state index contributed by atoms with van der Waals surface area (Å²) in [6, 6.07) is 8.86. The summed E-state index contributed by atoms with van der Waals surface area (Å²) in [5, 5.41) is 2.93. The number of carbonyl (C=O) groups is 2. The third kappa shape index (κ3) is 3.01. The van der Waals surface area contributed by atoms with E-state index < -0.39 is 21.8 Å². The summed E-state index contributed by atoms with van der Waals surface area (Å²) >= 11 is 12.6. The number of nitrogens with one attached hydrogen (secondary N) is 1. The third-order valence-corrected chi connectivity index (χ3v) is 7.40. The molecule has 1 saturated heterocycles. The van der Waals surface area contributed by atoms with Gasteiger partial charge in [0.1, 0.15) is 4.90 Å². The van der Waals surface area contributed by atoms with Gasteiger partial charge in [-0.3, -0.25) is 9.59 Å². The highest BCUT2D eigenvalue weighted by Gasteiger charge is 2.38. The van der Waals surface area contributed by atoms with Crippen molar-refractivity contribution in [1.82, 2.24) is 9.62 Å². The van der Waals surface area contributed by atoms with Crippen LogP contribution in [0.1, 0.15) is 20.7 Å². The van der Waals surface area contributed by atoms with Gasteiger partial charge in [-0.05, 0) is 24.3 Å². The monoisotopic (exact) mass is 439 g/mol. The summed E-state index contributed by atoms with van der Waals surface area (Å²) in [7, 11) is -3.85. The quantitative estimate of drug-likeness (QED) is 0.741. The number of nitrogens with zero attached hydrogens (tertiary/aromatic N) is 2. The van der Waals surface area contributed by atoms with E-state index in [4.69, 9.17) is 23.2 Å². The molecule has 0 aromatic heterocycles. The minimum atomic E-state index is -3.85. The van der Waals surface area contributed by atoms with E-state index in [0.29, 0.717) is 26.2 Å². The van der Waals surface area contributed by atoms with Crippen LogP contribution in [-0.2, 0) is 10.0 Å². The van der Waals surface area contributed by atoms with Gasteiger partial charge >= 0.3 is 0 Å². The zero-order chi connectivity index (χ0) is 20.1. The zero-order valence-electron chi connectivity index (χ0n) is 14.5. The first-order valence-electron chi connectivity index (χ1n) is 8.50. The number of amides is 2. The van der Waals surface area contributed by atoms with Crippen molar-refractivity contribution in [2.45, 2.75) is 4.90 Å². The smallest absolute Gasteiger partial charge is 0.266 e. The highest BCUT2D eigenvalue weighted by atomic mass is 35.5. The summed E-state index contributed by atoms with van der Waals surface area (Å²) < 4.78 is 27.1. The van der Waals surface area contributed by atoms with E-state index in [1.165, 1.54) is 16.4 Å². The maximum atomic E-state index is 12.9. The molecule has 1 N–H and O–H groups in total. The number of piperazine rings is 1. The molecule has 0 unspecified atom stereocenters. The van der Waals surface area contributed by atoms with Gasteiger partial charge in [-0.15, -0.1) is 0 Å². The summed E-state index contributed by atoms with van der Waals surface area (Å²) in [6.07, 6.45) is 0. The van der Waals surface area contributed by atoms with Crippen LogP contribution in [0, 0.1) is 0 Å². The summed E-state index contributed by atoms with van der Waals surface area (Å²) in [5.74, 6) is -1.06. The maximum absolute atomic E-state index is 12.9. The Balaban J connectivity index is 1.75. The van der Waals surface area contributed by atoms with Crippen molar-refractivity contribution in [1.29, 1.82) is 0 Å². The fraction of sp³-hybridized carbons (Fsp3) is 0.222. The Morgan fingerprint density at radius 1 is 0.893 bits per heavy atom. The Morgan fingerprint density at radius 3 is 2.04 bits per heavy atom. The van der Waals surface area contributed by atoms with Gasteiger partial charge < -0.3 is 5.32 Å². The predicted molar refractivity (Wildman–Crippen MR) is 106 cm³/mol. The van der Waals surface area contributed by atoms with Gasteiger partial charge in [-0.1, -0.05) is 35.3 Å². The molecule has 2 aliphatic heterocycles. The number of benzene rings is 2. The van der Waals surface area contributed by atoms with Crippen LogP contribution in [0.15, 0.2) is 41.3 Å². The molecule has 2 aliphatic rings. The number of hydrogen-bond donors (Lipinski definition) is 1. The molecule has 0 spiro atoms. The molecule has 2 aromatic carbocycles. The SMILES string of the molecule is O=C1c2ccccc2C(=O)N1c1cc(Cl)c(S(=O)(=O)N2CCNCC2)cc1Cl. The lowest BCUT2D eigenvalue weighted by atomic mass is 10.1. The highest BCUT2D eigenvalue weighted by molar-refractivity contribution is 7.89. The number of fused-ring (bicyclic) bond motifs is 1. The molecule has 4 rings (SSSR count). The molecule has 0 bridgehead atoms.